The summed E-state index contributed by atoms with van der Waals surface area (Å²) in [5.74, 6) is 0.752. The van der Waals surface area contributed by atoms with Crippen LogP contribution in [0.3, 0.4) is 0 Å². The van der Waals surface area contributed by atoms with Gasteiger partial charge in [0.15, 0.2) is 5.82 Å². The average Bonchev–Trinajstić information content (AvgIpc) is 3.01. The molecule has 2 heterocycles. The molecule has 29 heavy (non-hydrogen) atoms. The number of rotatable bonds is 4. The van der Waals surface area contributed by atoms with Gasteiger partial charge >= 0.3 is 0 Å². The maximum Gasteiger partial charge on any atom is 0.253 e. The predicted molar refractivity (Wildman–Crippen MR) is 104 cm³/mol. The van der Waals surface area contributed by atoms with Crippen LogP contribution in [0.5, 0.6) is 0 Å². The summed E-state index contributed by atoms with van der Waals surface area (Å²) in [6.07, 6.45) is 0.562. The predicted octanol–water partition coefficient (Wildman–Crippen LogP) is 2.05. The summed E-state index contributed by atoms with van der Waals surface area (Å²) in [5, 5.41) is 11.3. The summed E-state index contributed by atoms with van der Waals surface area (Å²) in [7, 11) is 0. The number of amides is 2. The lowest BCUT2D eigenvalue weighted by Crippen LogP contribution is -2.34. The molecule has 0 saturated heterocycles. The molecule has 0 atom stereocenters. The zero-order chi connectivity index (χ0) is 20.2. The number of hydrogen-bond donors (Lipinski definition) is 1. The summed E-state index contributed by atoms with van der Waals surface area (Å²) in [4.78, 5) is 26.7. The minimum Gasteiger partial charge on any atom is -0.345 e. The molecule has 148 valence electrons. The van der Waals surface area contributed by atoms with Crippen molar-refractivity contribution in [1.29, 1.82) is 0 Å². The molecule has 1 N–H and O–H groups in total. The van der Waals surface area contributed by atoms with Crippen molar-refractivity contribution in [3.8, 4) is 0 Å². The number of halogens is 1. The first-order valence-electron chi connectivity index (χ1n) is 9.41. The quantitative estimate of drug-likeness (QED) is 0.736. The van der Waals surface area contributed by atoms with E-state index in [0.29, 0.717) is 43.0 Å². The van der Waals surface area contributed by atoms with E-state index in [1.54, 1.807) is 17.0 Å². The van der Waals surface area contributed by atoms with Crippen molar-refractivity contribution < 1.29 is 14.0 Å². The lowest BCUT2D eigenvalue weighted by atomic mass is 10.2. The molecule has 7 nitrogen and oxygen atoms in total. The maximum atomic E-state index is 13.1. The number of carbonyl (C=O) groups excluding carboxylic acids is 2. The lowest BCUT2D eigenvalue weighted by Gasteiger charge is -2.20. The van der Waals surface area contributed by atoms with Gasteiger partial charge in [-0.2, -0.15) is 0 Å². The van der Waals surface area contributed by atoms with Crippen LogP contribution in [-0.4, -0.2) is 44.6 Å². The SMILES string of the molecule is O=C(NCc1nnc2n1CCN(C(=O)c1ccc(F)cc1)CC2)c1ccccc1. The molecule has 0 unspecified atom stereocenters. The normalized spacial score (nSPS) is 13.5. The number of carbonyl (C=O) groups is 2. The fraction of sp³-hybridized carbons (Fsp3) is 0.238. The Labute approximate surface area is 167 Å². The molecule has 2 aromatic carbocycles. The molecular formula is C21H20FN5O2. The Morgan fingerprint density at radius 3 is 2.45 bits per heavy atom. The largest absolute Gasteiger partial charge is 0.345 e. The van der Waals surface area contributed by atoms with Gasteiger partial charge in [-0.1, -0.05) is 18.2 Å². The molecule has 0 saturated carbocycles. The molecule has 0 aliphatic carbocycles. The first-order valence-corrected chi connectivity index (χ1v) is 9.41. The molecule has 1 aliphatic rings. The Kier molecular flexibility index (Phi) is 5.33. The highest BCUT2D eigenvalue weighted by atomic mass is 19.1. The summed E-state index contributed by atoms with van der Waals surface area (Å²) in [6, 6.07) is 14.5. The minimum atomic E-state index is -0.370. The Balaban J connectivity index is 1.41. The molecule has 4 rings (SSSR count). The highest BCUT2D eigenvalue weighted by Crippen LogP contribution is 2.13. The van der Waals surface area contributed by atoms with E-state index in [0.717, 1.165) is 5.82 Å². The van der Waals surface area contributed by atoms with Crippen LogP contribution in [0.2, 0.25) is 0 Å². The number of nitrogens with one attached hydrogen (secondary N) is 1. The van der Waals surface area contributed by atoms with E-state index in [4.69, 9.17) is 0 Å². The third-order valence-corrected chi connectivity index (χ3v) is 4.92. The van der Waals surface area contributed by atoms with Crippen molar-refractivity contribution >= 4 is 11.8 Å². The Hall–Kier alpha value is -3.55. The number of hydrogen-bond acceptors (Lipinski definition) is 4. The van der Waals surface area contributed by atoms with Crippen LogP contribution >= 0.6 is 0 Å². The number of aromatic nitrogens is 3. The van der Waals surface area contributed by atoms with E-state index in [2.05, 4.69) is 15.5 Å². The highest BCUT2D eigenvalue weighted by Gasteiger charge is 2.23. The first-order chi connectivity index (χ1) is 14.1. The zero-order valence-electron chi connectivity index (χ0n) is 15.7. The number of benzene rings is 2. The van der Waals surface area contributed by atoms with Crippen molar-refractivity contribution in [1.82, 2.24) is 25.0 Å². The molecule has 0 bridgehead atoms. The molecule has 0 radical (unpaired) electrons. The summed E-state index contributed by atoms with van der Waals surface area (Å²) in [6.45, 7) is 1.78. The molecule has 0 spiro atoms. The minimum absolute atomic E-state index is 0.136. The number of fused-ring (bicyclic) bond motifs is 1. The molecule has 3 aromatic rings. The smallest absolute Gasteiger partial charge is 0.253 e. The Bertz CT molecular complexity index is 1020. The van der Waals surface area contributed by atoms with Crippen molar-refractivity contribution in [2.75, 3.05) is 13.1 Å². The van der Waals surface area contributed by atoms with Crippen molar-refractivity contribution in [3.05, 3.63) is 83.2 Å². The Morgan fingerprint density at radius 1 is 0.931 bits per heavy atom. The second-order valence-electron chi connectivity index (χ2n) is 6.78. The van der Waals surface area contributed by atoms with Crippen LogP contribution in [0, 0.1) is 5.82 Å². The van der Waals surface area contributed by atoms with Gasteiger partial charge in [0.2, 0.25) is 0 Å². The first kappa shape index (κ1) is 18.8. The van der Waals surface area contributed by atoms with E-state index in [-0.39, 0.29) is 24.2 Å². The van der Waals surface area contributed by atoms with Crippen LogP contribution in [0.1, 0.15) is 32.4 Å². The van der Waals surface area contributed by atoms with E-state index >= 15 is 0 Å². The van der Waals surface area contributed by atoms with Crippen molar-refractivity contribution in [2.45, 2.75) is 19.5 Å². The van der Waals surface area contributed by atoms with Gasteiger partial charge in [-0.15, -0.1) is 10.2 Å². The zero-order valence-corrected chi connectivity index (χ0v) is 15.7. The van der Waals surface area contributed by atoms with Crippen LogP contribution in [-0.2, 0) is 19.5 Å². The van der Waals surface area contributed by atoms with E-state index < -0.39 is 0 Å². The maximum absolute atomic E-state index is 13.1. The van der Waals surface area contributed by atoms with Crippen molar-refractivity contribution in [3.63, 3.8) is 0 Å². The summed E-state index contributed by atoms with van der Waals surface area (Å²) in [5.41, 5.74) is 1.04. The van der Waals surface area contributed by atoms with E-state index in [9.17, 15) is 14.0 Å². The van der Waals surface area contributed by atoms with Crippen LogP contribution in [0.25, 0.3) is 0 Å². The van der Waals surface area contributed by atoms with Crippen LogP contribution in [0.15, 0.2) is 54.6 Å². The summed E-state index contributed by atoms with van der Waals surface area (Å²) >= 11 is 0. The van der Waals surface area contributed by atoms with E-state index in [1.165, 1.54) is 24.3 Å². The average molecular weight is 393 g/mol. The molecule has 2 amide bonds. The number of nitrogens with zero attached hydrogens (tertiary/aromatic N) is 4. The van der Waals surface area contributed by atoms with Gasteiger partial charge in [-0.05, 0) is 36.4 Å². The van der Waals surface area contributed by atoms with Crippen LogP contribution < -0.4 is 5.32 Å². The standard InChI is InChI=1S/C21H20FN5O2/c22-17-8-6-16(7-9-17)21(29)26-11-10-18-24-25-19(27(18)13-12-26)14-23-20(28)15-4-2-1-3-5-15/h1-9H,10-14H2,(H,23,28). The van der Waals surface area contributed by atoms with Gasteiger partial charge < -0.3 is 14.8 Å². The molecule has 1 aliphatic heterocycles. The van der Waals surface area contributed by atoms with Crippen molar-refractivity contribution in [2.24, 2.45) is 0 Å². The molecule has 8 heteroatoms. The van der Waals surface area contributed by atoms with Gasteiger partial charge in [0, 0.05) is 37.2 Å². The third-order valence-electron chi connectivity index (χ3n) is 4.92. The second kappa shape index (κ2) is 8.22. The topological polar surface area (TPSA) is 80.1 Å². The van der Waals surface area contributed by atoms with Gasteiger partial charge in [0.25, 0.3) is 11.8 Å². The van der Waals surface area contributed by atoms with Crippen LogP contribution in [0.4, 0.5) is 4.39 Å². The molecule has 0 fully saturated rings. The van der Waals surface area contributed by atoms with Gasteiger partial charge in [0.1, 0.15) is 11.6 Å². The molecule has 1 aromatic heterocycles. The second-order valence-corrected chi connectivity index (χ2v) is 6.78. The lowest BCUT2D eigenvalue weighted by molar-refractivity contribution is 0.0758. The highest BCUT2D eigenvalue weighted by molar-refractivity contribution is 5.94. The monoisotopic (exact) mass is 393 g/mol. The fourth-order valence-corrected chi connectivity index (χ4v) is 3.34. The fourth-order valence-electron chi connectivity index (χ4n) is 3.34. The van der Waals surface area contributed by atoms with Gasteiger partial charge in [-0.3, -0.25) is 9.59 Å². The van der Waals surface area contributed by atoms with Gasteiger partial charge in [-0.25, -0.2) is 4.39 Å². The third kappa shape index (κ3) is 4.16. The Morgan fingerprint density at radius 2 is 1.69 bits per heavy atom. The summed E-state index contributed by atoms with van der Waals surface area (Å²) < 4.78 is 15.1. The van der Waals surface area contributed by atoms with E-state index in [1.807, 2.05) is 22.8 Å². The van der Waals surface area contributed by atoms with Gasteiger partial charge in [0.05, 0.1) is 6.54 Å². The molecular weight excluding hydrogens is 373 g/mol.